The second-order valence-electron chi connectivity index (χ2n) is 5.49. The van der Waals surface area contributed by atoms with Crippen LogP contribution in [0.3, 0.4) is 0 Å². The Bertz CT molecular complexity index is 840. The summed E-state index contributed by atoms with van der Waals surface area (Å²) in [5.74, 6) is 0.563. The lowest BCUT2D eigenvalue weighted by Gasteiger charge is -2.07. The molecule has 1 atom stereocenters. The number of aryl methyl sites for hydroxylation is 2. The summed E-state index contributed by atoms with van der Waals surface area (Å²) < 4.78 is 5.63. The minimum Gasteiger partial charge on any atom is -0.416 e. The van der Waals surface area contributed by atoms with Gasteiger partial charge in [-0.15, -0.1) is 21.5 Å². The molecule has 0 aliphatic carbocycles. The minimum absolute atomic E-state index is 0.0508. The first-order chi connectivity index (χ1) is 11.5. The fourth-order valence-corrected chi connectivity index (χ4v) is 3.55. The van der Waals surface area contributed by atoms with E-state index in [9.17, 15) is 4.79 Å². The van der Waals surface area contributed by atoms with Crippen LogP contribution in [-0.2, 0) is 6.42 Å². The SMILES string of the molecule is Cc1ccc(C(=O)C(C)Sc2nnc(Cc3csc(C)n3)o2)cc1. The zero-order chi connectivity index (χ0) is 17.1. The molecule has 0 aliphatic heterocycles. The van der Waals surface area contributed by atoms with Crippen LogP contribution in [0.15, 0.2) is 39.3 Å². The van der Waals surface area contributed by atoms with Gasteiger partial charge in [0.2, 0.25) is 5.89 Å². The lowest BCUT2D eigenvalue weighted by atomic mass is 10.1. The Labute approximate surface area is 148 Å². The first-order valence-electron chi connectivity index (χ1n) is 7.52. The molecule has 0 N–H and O–H groups in total. The van der Waals surface area contributed by atoms with E-state index in [-0.39, 0.29) is 11.0 Å². The molecule has 0 bridgehead atoms. The highest BCUT2D eigenvalue weighted by Crippen LogP contribution is 2.25. The van der Waals surface area contributed by atoms with Crippen LogP contribution in [0.1, 0.15) is 39.4 Å². The third kappa shape index (κ3) is 4.10. The van der Waals surface area contributed by atoms with Crippen molar-refractivity contribution in [2.45, 2.75) is 37.7 Å². The maximum absolute atomic E-state index is 12.4. The highest BCUT2D eigenvalue weighted by molar-refractivity contribution is 8.00. The average Bonchev–Trinajstić information content (AvgIpc) is 3.17. The van der Waals surface area contributed by atoms with Gasteiger partial charge in [-0.25, -0.2) is 4.98 Å². The van der Waals surface area contributed by atoms with Gasteiger partial charge in [-0.2, -0.15) is 0 Å². The van der Waals surface area contributed by atoms with E-state index in [2.05, 4.69) is 15.2 Å². The standard InChI is InChI=1S/C17H17N3O2S2/c1-10-4-6-13(7-5-10)16(21)11(2)24-17-20-19-15(22-17)8-14-9-23-12(3)18-14/h4-7,9,11H,8H2,1-3H3. The molecule has 2 aromatic heterocycles. The maximum Gasteiger partial charge on any atom is 0.277 e. The van der Waals surface area contributed by atoms with Crippen molar-refractivity contribution in [2.24, 2.45) is 0 Å². The first-order valence-corrected chi connectivity index (χ1v) is 9.28. The number of carbonyl (C=O) groups is 1. The van der Waals surface area contributed by atoms with E-state index < -0.39 is 0 Å². The number of Topliss-reactive ketones (excluding diaryl/α,β-unsaturated/α-hetero) is 1. The number of ketones is 1. The summed E-state index contributed by atoms with van der Waals surface area (Å²) >= 11 is 2.87. The highest BCUT2D eigenvalue weighted by Gasteiger charge is 2.20. The number of hydrogen-bond donors (Lipinski definition) is 0. The molecule has 124 valence electrons. The van der Waals surface area contributed by atoms with Gasteiger partial charge in [0.05, 0.1) is 22.4 Å². The molecule has 0 aliphatic rings. The van der Waals surface area contributed by atoms with Crippen LogP contribution >= 0.6 is 23.1 Å². The quantitative estimate of drug-likeness (QED) is 0.487. The van der Waals surface area contributed by atoms with Crippen LogP contribution in [0.4, 0.5) is 0 Å². The molecule has 0 spiro atoms. The Kier molecular flexibility index (Phi) is 5.11. The molecule has 0 fully saturated rings. The van der Waals surface area contributed by atoms with Crippen LogP contribution in [0, 0.1) is 13.8 Å². The molecule has 2 heterocycles. The largest absolute Gasteiger partial charge is 0.416 e. The Morgan fingerprint density at radius 3 is 2.67 bits per heavy atom. The van der Waals surface area contributed by atoms with Crippen molar-refractivity contribution >= 4 is 28.9 Å². The molecule has 1 aromatic carbocycles. The number of thiazole rings is 1. The van der Waals surface area contributed by atoms with E-state index in [0.29, 0.717) is 23.1 Å². The van der Waals surface area contributed by atoms with E-state index in [0.717, 1.165) is 16.3 Å². The Morgan fingerprint density at radius 1 is 1.25 bits per heavy atom. The second-order valence-corrected chi connectivity index (χ2v) is 7.84. The normalized spacial score (nSPS) is 12.3. The van der Waals surface area contributed by atoms with Crippen LogP contribution in [0.2, 0.25) is 0 Å². The van der Waals surface area contributed by atoms with Gasteiger partial charge in [0.15, 0.2) is 5.78 Å². The van der Waals surface area contributed by atoms with Crippen molar-refractivity contribution in [3.63, 3.8) is 0 Å². The molecule has 24 heavy (non-hydrogen) atoms. The first kappa shape index (κ1) is 16.9. The van der Waals surface area contributed by atoms with Gasteiger partial charge in [-0.05, 0) is 20.8 Å². The Balaban J connectivity index is 1.63. The molecule has 5 nitrogen and oxygen atoms in total. The van der Waals surface area contributed by atoms with Gasteiger partial charge in [-0.3, -0.25) is 4.79 Å². The van der Waals surface area contributed by atoms with Crippen molar-refractivity contribution in [2.75, 3.05) is 0 Å². The average molecular weight is 359 g/mol. The highest BCUT2D eigenvalue weighted by atomic mass is 32.2. The van der Waals surface area contributed by atoms with Crippen molar-refractivity contribution in [3.05, 3.63) is 57.4 Å². The number of benzene rings is 1. The summed E-state index contributed by atoms with van der Waals surface area (Å²) in [5, 5.41) is 11.2. The molecule has 0 saturated carbocycles. The molecule has 0 radical (unpaired) electrons. The Morgan fingerprint density at radius 2 is 2.00 bits per heavy atom. The van der Waals surface area contributed by atoms with E-state index >= 15 is 0 Å². The predicted octanol–water partition coefficient (Wildman–Crippen LogP) is 4.10. The maximum atomic E-state index is 12.4. The van der Waals surface area contributed by atoms with Crippen molar-refractivity contribution in [3.8, 4) is 0 Å². The van der Waals surface area contributed by atoms with Gasteiger partial charge in [0.1, 0.15) is 0 Å². The zero-order valence-electron chi connectivity index (χ0n) is 13.6. The molecule has 0 saturated heterocycles. The smallest absolute Gasteiger partial charge is 0.277 e. The van der Waals surface area contributed by atoms with Crippen LogP contribution in [-0.4, -0.2) is 26.2 Å². The molecular formula is C17H17N3O2S2. The molecule has 3 rings (SSSR count). The number of aromatic nitrogens is 3. The van der Waals surface area contributed by atoms with Crippen molar-refractivity contribution in [1.82, 2.24) is 15.2 Å². The summed E-state index contributed by atoms with van der Waals surface area (Å²) in [4.78, 5) is 16.8. The third-order valence-electron chi connectivity index (χ3n) is 3.43. The monoisotopic (exact) mass is 359 g/mol. The number of rotatable bonds is 6. The number of nitrogens with zero attached hydrogens (tertiary/aromatic N) is 3. The summed E-state index contributed by atoms with van der Waals surface area (Å²) in [6, 6.07) is 7.56. The van der Waals surface area contributed by atoms with E-state index in [4.69, 9.17) is 4.42 Å². The fraction of sp³-hybridized carbons (Fsp3) is 0.294. The van der Waals surface area contributed by atoms with Gasteiger partial charge in [0.25, 0.3) is 5.22 Å². The molecule has 7 heteroatoms. The summed E-state index contributed by atoms with van der Waals surface area (Å²) in [7, 11) is 0. The van der Waals surface area contributed by atoms with Gasteiger partial charge < -0.3 is 4.42 Å². The third-order valence-corrected chi connectivity index (χ3v) is 5.19. The van der Waals surface area contributed by atoms with E-state index in [1.165, 1.54) is 11.8 Å². The van der Waals surface area contributed by atoms with Gasteiger partial charge in [0, 0.05) is 10.9 Å². The number of hydrogen-bond acceptors (Lipinski definition) is 7. The van der Waals surface area contributed by atoms with Gasteiger partial charge in [-0.1, -0.05) is 41.6 Å². The predicted molar refractivity (Wildman–Crippen MR) is 94.8 cm³/mol. The topological polar surface area (TPSA) is 68.9 Å². The Hall–Kier alpha value is -1.99. The molecular weight excluding hydrogens is 342 g/mol. The lowest BCUT2D eigenvalue weighted by molar-refractivity contribution is 0.0993. The van der Waals surface area contributed by atoms with Crippen LogP contribution < -0.4 is 0 Å². The molecule has 0 amide bonds. The molecule has 3 aromatic rings. The van der Waals surface area contributed by atoms with E-state index in [1.54, 1.807) is 11.3 Å². The fourth-order valence-electron chi connectivity index (χ4n) is 2.16. The summed E-state index contributed by atoms with van der Waals surface area (Å²) in [5.41, 5.74) is 2.74. The zero-order valence-corrected chi connectivity index (χ0v) is 15.3. The van der Waals surface area contributed by atoms with Crippen LogP contribution in [0.25, 0.3) is 0 Å². The van der Waals surface area contributed by atoms with Crippen molar-refractivity contribution in [1.29, 1.82) is 0 Å². The van der Waals surface area contributed by atoms with Gasteiger partial charge >= 0.3 is 0 Å². The number of carbonyl (C=O) groups excluding carboxylic acids is 1. The number of thioether (sulfide) groups is 1. The lowest BCUT2D eigenvalue weighted by Crippen LogP contribution is -2.13. The minimum atomic E-state index is -0.289. The van der Waals surface area contributed by atoms with E-state index in [1.807, 2.05) is 50.4 Å². The summed E-state index contributed by atoms with van der Waals surface area (Å²) in [6.07, 6.45) is 0.512. The molecule has 1 unspecified atom stereocenters. The summed E-state index contributed by atoms with van der Waals surface area (Å²) in [6.45, 7) is 5.80. The van der Waals surface area contributed by atoms with Crippen molar-refractivity contribution < 1.29 is 9.21 Å². The second kappa shape index (κ2) is 7.27. The van der Waals surface area contributed by atoms with Crippen LogP contribution in [0.5, 0.6) is 0 Å².